The van der Waals surface area contributed by atoms with E-state index < -0.39 is 0 Å². The highest BCUT2D eigenvalue weighted by molar-refractivity contribution is 5.67. The van der Waals surface area contributed by atoms with Crippen molar-refractivity contribution in [3.63, 3.8) is 0 Å². The van der Waals surface area contributed by atoms with E-state index in [1.54, 1.807) is 0 Å². The van der Waals surface area contributed by atoms with Gasteiger partial charge in [-0.15, -0.1) is 0 Å². The van der Waals surface area contributed by atoms with Gasteiger partial charge in [-0.2, -0.15) is 0 Å². The number of hydrogen-bond acceptors (Lipinski definition) is 4. The van der Waals surface area contributed by atoms with Crippen LogP contribution in [0, 0.1) is 0 Å². The molecule has 0 saturated carbocycles. The Morgan fingerprint density at radius 2 is 1.18 bits per heavy atom. The van der Waals surface area contributed by atoms with Gasteiger partial charge in [-0.3, -0.25) is 9.59 Å². The van der Waals surface area contributed by atoms with Crippen LogP contribution in [0.25, 0.3) is 11.1 Å². The summed E-state index contributed by atoms with van der Waals surface area (Å²) in [5.74, 6) is -0.595. The Morgan fingerprint density at radius 1 is 0.773 bits per heavy atom. The van der Waals surface area contributed by atoms with E-state index in [-0.39, 0.29) is 25.2 Å². The molecule has 4 heteroatoms. The molecule has 0 aliphatic carbocycles. The minimum absolute atomic E-state index is 0.260. The van der Waals surface area contributed by atoms with Gasteiger partial charge in [0, 0.05) is 13.8 Å². The van der Waals surface area contributed by atoms with Gasteiger partial charge in [0.25, 0.3) is 0 Å². The molecule has 4 nitrogen and oxygen atoms in total. The van der Waals surface area contributed by atoms with Crippen LogP contribution in [0.4, 0.5) is 0 Å². The van der Waals surface area contributed by atoms with E-state index in [0.717, 1.165) is 22.3 Å². The number of carbonyl (C=O) groups excluding carboxylic acids is 2. The van der Waals surface area contributed by atoms with Crippen LogP contribution >= 0.6 is 0 Å². The number of esters is 2. The summed E-state index contributed by atoms with van der Waals surface area (Å²) in [6.07, 6.45) is 0. The summed E-state index contributed by atoms with van der Waals surface area (Å²) >= 11 is 0. The van der Waals surface area contributed by atoms with Crippen LogP contribution < -0.4 is 0 Å². The normalized spacial score (nSPS) is 10.1. The number of hydrogen-bond donors (Lipinski definition) is 0. The van der Waals surface area contributed by atoms with Crippen molar-refractivity contribution < 1.29 is 19.1 Å². The fraction of sp³-hybridized carbons (Fsp3) is 0.222. The maximum absolute atomic E-state index is 10.9. The smallest absolute Gasteiger partial charge is 0.302 e. The highest BCUT2D eigenvalue weighted by Gasteiger charge is 2.03. The second-order valence-electron chi connectivity index (χ2n) is 4.96. The highest BCUT2D eigenvalue weighted by atomic mass is 16.5. The molecule has 2 aromatic carbocycles. The predicted molar refractivity (Wildman–Crippen MR) is 82.8 cm³/mol. The van der Waals surface area contributed by atoms with Gasteiger partial charge in [0.2, 0.25) is 0 Å². The summed E-state index contributed by atoms with van der Waals surface area (Å²) in [5, 5.41) is 0. The minimum atomic E-state index is -0.297. The Kier molecular flexibility index (Phi) is 5.31. The van der Waals surface area contributed by atoms with Gasteiger partial charge < -0.3 is 9.47 Å². The zero-order valence-corrected chi connectivity index (χ0v) is 12.7. The molecule has 0 aromatic heterocycles. The summed E-state index contributed by atoms with van der Waals surface area (Å²) < 4.78 is 10.0. The van der Waals surface area contributed by atoms with Gasteiger partial charge in [0.15, 0.2) is 0 Å². The molecular formula is C18H18O4. The molecule has 0 radical (unpaired) electrons. The molecule has 0 heterocycles. The Bertz CT molecular complexity index is 617. The molecule has 0 spiro atoms. The molecule has 0 bridgehead atoms. The van der Waals surface area contributed by atoms with Gasteiger partial charge in [-0.05, 0) is 34.4 Å². The first-order valence-electron chi connectivity index (χ1n) is 6.99. The third-order valence-corrected chi connectivity index (χ3v) is 3.07. The van der Waals surface area contributed by atoms with Crippen LogP contribution in [-0.2, 0) is 32.3 Å². The molecule has 0 atom stereocenters. The molecule has 0 aliphatic heterocycles. The maximum Gasteiger partial charge on any atom is 0.302 e. The summed E-state index contributed by atoms with van der Waals surface area (Å²) in [6.45, 7) is 3.30. The lowest BCUT2D eigenvalue weighted by molar-refractivity contribution is -0.143. The molecule has 22 heavy (non-hydrogen) atoms. The molecule has 2 aromatic rings. The maximum atomic E-state index is 10.9. The van der Waals surface area contributed by atoms with Crippen molar-refractivity contribution in [2.75, 3.05) is 0 Å². The van der Waals surface area contributed by atoms with E-state index in [1.165, 1.54) is 13.8 Å². The first-order valence-corrected chi connectivity index (χ1v) is 6.99. The van der Waals surface area contributed by atoms with Gasteiger partial charge in [-0.1, -0.05) is 36.4 Å². The molecule has 0 saturated heterocycles. The quantitative estimate of drug-likeness (QED) is 0.793. The fourth-order valence-electron chi connectivity index (χ4n) is 2.05. The molecule has 0 N–H and O–H groups in total. The average molecular weight is 298 g/mol. The largest absolute Gasteiger partial charge is 0.461 e. The lowest BCUT2D eigenvalue weighted by Crippen LogP contribution is -1.99. The standard InChI is InChI=1S/C18H18O4/c1-13(19)21-11-15-5-3-7-17(9-15)18-8-4-6-16(10-18)12-22-14(2)20/h3-10H,11-12H2,1-2H3. The Balaban J connectivity index is 2.16. The lowest BCUT2D eigenvalue weighted by atomic mass is 10.0. The second kappa shape index (κ2) is 7.41. The van der Waals surface area contributed by atoms with Crippen LogP contribution in [0.5, 0.6) is 0 Å². The van der Waals surface area contributed by atoms with Crippen LogP contribution in [0.15, 0.2) is 48.5 Å². The third-order valence-electron chi connectivity index (χ3n) is 3.07. The Hall–Kier alpha value is -2.62. The molecular weight excluding hydrogens is 280 g/mol. The second-order valence-corrected chi connectivity index (χ2v) is 4.96. The Labute approximate surface area is 129 Å². The van der Waals surface area contributed by atoms with Crippen molar-refractivity contribution in [1.29, 1.82) is 0 Å². The number of benzene rings is 2. The zero-order chi connectivity index (χ0) is 15.9. The number of rotatable bonds is 5. The van der Waals surface area contributed by atoms with Crippen molar-refractivity contribution in [2.24, 2.45) is 0 Å². The first-order chi connectivity index (χ1) is 10.5. The molecule has 2 rings (SSSR count). The van der Waals surface area contributed by atoms with Gasteiger partial charge in [0.1, 0.15) is 13.2 Å². The van der Waals surface area contributed by atoms with E-state index in [4.69, 9.17) is 9.47 Å². The molecule has 0 aliphatic rings. The molecule has 0 amide bonds. The zero-order valence-electron chi connectivity index (χ0n) is 12.7. The molecule has 0 unspecified atom stereocenters. The summed E-state index contributed by atoms with van der Waals surface area (Å²) in [4.78, 5) is 21.8. The van der Waals surface area contributed by atoms with Crippen molar-refractivity contribution in [3.8, 4) is 11.1 Å². The topological polar surface area (TPSA) is 52.6 Å². The number of ether oxygens (including phenoxy) is 2. The summed E-state index contributed by atoms with van der Waals surface area (Å²) in [7, 11) is 0. The third kappa shape index (κ3) is 4.74. The van der Waals surface area contributed by atoms with Crippen molar-refractivity contribution in [2.45, 2.75) is 27.1 Å². The van der Waals surface area contributed by atoms with E-state index >= 15 is 0 Å². The van der Waals surface area contributed by atoms with E-state index in [0.29, 0.717) is 0 Å². The van der Waals surface area contributed by atoms with Crippen molar-refractivity contribution >= 4 is 11.9 Å². The van der Waals surface area contributed by atoms with E-state index in [2.05, 4.69) is 0 Å². The van der Waals surface area contributed by atoms with Crippen LogP contribution in [-0.4, -0.2) is 11.9 Å². The van der Waals surface area contributed by atoms with Crippen LogP contribution in [0.3, 0.4) is 0 Å². The summed E-state index contributed by atoms with van der Waals surface area (Å²) in [5.41, 5.74) is 3.90. The first kappa shape index (κ1) is 15.8. The summed E-state index contributed by atoms with van der Waals surface area (Å²) in [6, 6.07) is 15.6. The fourth-order valence-corrected chi connectivity index (χ4v) is 2.05. The van der Waals surface area contributed by atoms with Crippen molar-refractivity contribution in [1.82, 2.24) is 0 Å². The molecule has 0 fully saturated rings. The average Bonchev–Trinajstić information content (AvgIpc) is 2.51. The van der Waals surface area contributed by atoms with Gasteiger partial charge in [0.05, 0.1) is 0 Å². The number of carbonyl (C=O) groups is 2. The monoisotopic (exact) mass is 298 g/mol. The van der Waals surface area contributed by atoms with Crippen LogP contribution in [0.2, 0.25) is 0 Å². The Morgan fingerprint density at radius 3 is 1.55 bits per heavy atom. The minimum Gasteiger partial charge on any atom is -0.461 e. The van der Waals surface area contributed by atoms with Gasteiger partial charge in [-0.25, -0.2) is 0 Å². The van der Waals surface area contributed by atoms with Crippen LogP contribution in [0.1, 0.15) is 25.0 Å². The van der Waals surface area contributed by atoms with E-state index in [1.807, 2.05) is 48.5 Å². The molecule has 114 valence electrons. The van der Waals surface area contributed by atoms with E-state index in [9.17, 15) is 9.59 Å². The SMILES string of the molecule is CC(=O)OCc1cccc(-c2cccc(COC(C)=O)c2)c1. The predicted octanol–water partition coefficient (Wildman–Crippen LogP) is 3.48. The van der Waals surface area contributed by atoms with Gasteiger partial charge >= 0.3 is 11.9 Å². The van der Waals surface area contributed by atoms with Crippen molar-refractivity contribution in [3.05, 3.63) is 59.7 Å². The lowest BCUT2D eigenvalue weighted by Gasteiger charge is -2.08. The highest BCUT2D eigenvalue weighted by Crippen LogP contribution is 2.22.